The zero-order chi connectivity index (χ0) is 26.6. The summed E-state index contributed by atoms with van der Waals surface area (Å²) in [5.74, 6) is 1.31. The fraction of sp³-hybridized carbons (Fsp3) is 0.500. The van der Waals surface area contributed by atoms with E-state index in [4.69, 9.17) is 21.1 Å². The molecule has 0 saturated carbocycles. The van der Waals surface area contributed by atoms with Gasteiger partial charge in [0.2, 0.25) is 0 Å². The average Bonchev–Trinajstić information content (AvgIpc) is 3.17. The number of rotatable bonds is 11. The number of fused-ring (bicyclic) bond motifs is 1. The predicted molar refractivity (Wildman–Crippen MR) is 147 cm³/mol. The average molecular weight is 529 g/mol. The maximum absolute atomic E-state index is 13.6. The lowest BCUT2D eigenvalue weighted by Crippen LogP contribution is -2.49. The number of pyridine rings is 1. The van der Waals surface area contributed by atoms with Gasteiger partial charge >= 0.3 is 6.03 Å². The van der Waals surface area contributed by atoms with Crippen molar-refractivity contribution >= 4 is 34.4 Å². The van der Waals surface area contributed by atoms with Gasteiger partial charge in [0.1, 0.15) is 5.65 Å². The number of anilines is 1. The van der Waals surface area contributed by atoms with E-state index < -0.39 is 5.60 Å². The summed E-state index contributed by atoms with van der Waals surface area (Å²) >= 11 is 6.62. The summed E-state index contributed by atoms with van der Waals surface area (Å²) in [4.78, 5) is 21.7. The van der Waals surface area contributed by atoms with Crippen LogP contribution in [-0.2, 0) is 13.1 Å². The number of benzene rings is 1. The van der Waals surface area contributed by atoms with Crippen molar-refractivity contribution in [2.75, 3.05) is 31.7 Å². The van der Waals surface area contributed by atoms with Crippen LogP contribution < -0.4 is 14.4 Å². The Morgan fingerprint density at radius 1 is 1.16 bits per heavy atom. The van der Waals surface area contributed by atoms with Crippen LogP contribution in [0.25, 0.3) is 11.0 Å². The van der Waals surface area contributed by atoms with Gasteiger partial charge in [0.15, 0.2) is 11.5 Å². The van der Waals surface area contributed by atoms with Crippen molar-refractivity contribution in [1.29, 1.82) is 0 Å². The first-order chi connectivity index (χ1) is 17.7. The number of carbonyl (C=O) groups excluding carboxylic acids is 1. The Labute approximate surface area is 223 Å². The number of halogens is 1. The van der Waals surface area contributed by atoms with E-state index in [0.717, 1.165) is 42.3 Å². The van der Waals surface area contributed by atoms with Crippen LogP contribution in [0, 0.1) is 0 Å². The summed E-state index contributed by atoms with van der Waals surface area (Å²) in [5, 5.41) is 11.7. The van der Waals surface area contributed by atoms with E-state index in [2.05, 4.69) is 11.9 Å². The van der Waals surface area contributed by atoms with Gasteiger partial charge in [-0.25, -0.2) is 9.78 Å². The molecular formula is C28H37ClN4O4. The lowest BCUT2D eigenvalue weighted by molar-refractivity contribution is 0.0627. The molecule has 3 heterocycles. The van der Waals surface area contributed by atoms with Gasteiger partial charge in [0, 0.05) is 49.2 Å². The number of unbranched alkanes of at least 4 members (excludes halogenated alkanes) is 2. The molecule has 9 heteroatoms. The molecule has 2 amide bonds. The number of aliphatic hydroxyl groups is 1. The Morgan fingerprint density at radius 3 is 2.70 bits per heavy atom. The largest absolute Gasteiger partial charge is 0.493 e. The van der Waals surface area contributed by atoms with Crippen molar-refractivity contribution in [2.45, 2.75) is 65.1 Å². The van der Waals surface area contributed by atoms with E-state index in [1.807, 2.05) is 33.7 Å². The van der Waals surface area contributed by atoms with Crippen molar-refractivity contribution in [1.82, 2.24) is 14.5 Å². The summed E-state index contributed by atoms with van der Waals surface area (Å²) in [5.41, 5.74) is 1.50. The summed E-state index contributed by atoms with van der Waals surface area (Å²) in [6.07, 6.45) is 7.57. The smallest absolute Gasteiger partial charge is 0.324 e. The van der Waals surface area contributed by atoms with Gasteiger partial charge in [0.25, 0.3) is 0 Å². The summed E-state index contributed by atoms with van der Waals surface area (Å²) in [6.45, 7) is 8.32. The number of urea groups is 1. The number of hydrogen-bond donors (Lipinski definition) is 1. The molecule has 1 fully saturated rings. The lowest BCUT2D eigenvalue weighted by atomic mass is 10.1. The zero-order valence-corrected chi connectivity index (χ0v) is 22.9. The van der Waals surface area contributed by atoms with E-state index in [1.54, 1.807) is 38.3 Å². The quantitative estimate of drug-likeness (QED) is 0.315. The highest BCUT2D eigenvalue weighted by Gasteiger charge is 2.29. The van der Waals surface area contributed by atoms with Crippen molar-refractivity contribution in [3.63, 3.8) is 0 Å². The Kier molecular flexibility index (Phi) is 8.49. The predicted octanol–water partition coefficient (Wildman–Crippen LogP) is 5.87. The van der Waals surface area contributed by atoms with Crippen molar-refractivity contribution in [3.05, 3.63) is 47.2 Å². The molecule has 3 aromatic rings. The highest BCUT2D eigenvalue weighted by molar-refractivity contribution is 6.35. The Morgan fingerprint density at radius 2 is 1.97 bits per heavy atom. The summed E-state index contributed by atoms with van der Waals surface area (Å²) < 4.78 is 13.3. The topological polar surface area (TPSA) is 80.1 Å². The van der Waals surface area contributed by atoms with Gasteiger partial charge < -0.3 is 24.0 Å². The molecule has 2 aromatic heterocycles. The van der Waals surface area contributed by atoms with E-state index in [0.29, 0.717) is 55.0 Å². The molecule has 1 aliphatic rings. The minimum absolute atomic E-state index is 0.0645. The summed E-state index contributed by atoms with van der Waals surface area (Å²) in [6, 6.07) is 7.49. The number of nitrogens with zero attached hydrogens (tertiary/aromatic N) is 4. The first kappa shape index (κ1) is 27.1. The van der Waals surface area contributed by atoms with Crippen LogP contribution in [0.5, 0.6) is 11.5 Å². The molecule has 200 valence electrons. The zero-order valence-electron chi connectivity index (χ0n) is 22.2. The van der Waals surface area contributed by atoms with Crippen LogP contribution >= 0.6 is 11.6 Å². The standard InChI is InChI=1S/C28H37ClN4O4/c1-5-6-7-15-37-24-16-21(9-10-23(24)36-4)33-14-8-13-31(27(33)34)17-20-11-12-30-26-25(20)22(29)18-32(26)19-28(2,3)35/h9-12,16,18,35H,5-8,13-15,17,19H2,1-4H3. The molecule has 37 heavy (non-hydrogen) atoms. The molecule has 1 saturated heterocycles. The second-order valence-electron chi connectivity index (χ2n) is 10.2. The van der Waals surface area contributed by atoms with Gasteiger partial charge in [0.05, 0.1) is 30.9 Å². The van der Waals surface area contributed by atoms with Crippen LogP contribution in [-0.4, -0.2) is 58.0 Å². The number of methoxy groups -OCH3 is 1. The van der Waals surface area contributed by atoms with Crippen molar-refractivity contribution in [2.24, 2.45) is 0 Å². The van der Waals surface area contributed by atoms with E-state index >= 15 is 0 Å². The number of ether oxygens (including phenoxy) is 2. The van der Waals surface area contributed by atoms with Crippen LogP contribution in [0.2, 0.25) is 5.02 Å². The van der Waals surface area contributed by atoms with Gasteiger partial charge in [-0.1, -0.05) is 31.4 Å². The molecule has 0 aliphatic carbocycles. The first-order valence-corrected chi connectivity index (χ1v) is 13.3. The van der Waals surface area contributed by atoms with Crippen molar-refractivity contribution in [3.8, 4) is 11.5 Å². The normalized spacial score (nSPS) is 14.5. The highest BCUT2D eigenvalue weighted by atomic mass is 35.5. The molecular weight excluding hydrogens is 492 g/mol. The molecule has 0 unspecified atom stereocenters. The molecule has 4 rings (SSSR count). The lowest BCUT2D eigenvalue weighted by Gasteiger charge is -2.36. The monoisotopic (exact) mass is 528 g/mol. The van der Waals surface area contributed by atoms with Crippen LogP contribution in [0.15, 0.2) is 36.7 Å². The summed E-state index contributed by atoms with van der Waals surface area (Å²) in [7, 11) is 1.62. The van der Waals surface area contributed by atoms with Gasteiger partial charge in [-0.15, -0.1) is 0 Å². The van der Waals surface area contributed by atoms with Crippen LogP contribution in [0.1, 0.15) is 52.0 Å². The molecule has 1 aliphatic heterocycles. The van der Waals surface area contributed by atoms with Gasteiger partial charge in [-0.3, -0.25) is 4.90 Å². The third-order valence-corrected chi connectivity index (χ3v) is 6.78. The molecule has 0 radical (unpaired) electrons. The van der Waals surface area contributed by atoms with Crippen LogP contribution in [0.3, 0.4) is 0 Å². The number of hydrogen-bond acceptors (Lipinski definition) is 5. The number of amides is 2. The third-order valence-electron chi connectivity index (χ3n) is 6.49. The van der Waals surface area contributed by atoms with Crippen molar-refractivity contribution < 1.29 is 19.4 Å². The fourth-order valence-corrected chi connectivity index (χ4v) is 5.08. The SMILES string of the molecule is CCCCCOc1cc(N2CCCN(Cc3ccnc4c3c(Cl)cn4CC(C)(C)O)C2=O)ccc1OC. The minimum Gasteiger partial charge on any atom is -0.493 e. The van der Waals surface area contributed by atoms with Gasteiger partial charge in [-0.05, 0) is 50.5 Å². The first-order valence-electron chi connectivity index (χ1n) is 12.9. The second kappa shape index (κ2) is 11.6. The van der Waals surface area contributed by atoms with E-state index in [1.165, 1.54) is 0 Å². The molecule has 1 N–H and O–H groups in total. The highest BCUT2D eigenvalue weighted by Crippen LogP contribution is 2.34. The molecule has 0 bridgehead atoms. The number of carbonyl (C=O) groups is 1. The molecule has 8 nitrogen and oxygen atoms in total. The minimum atomic E-state index is -0.909. The van der Waals surface area contributed by atoms with E-state index in [9.17, 15) is 9.90 Å². The maximum Gasteiger partial charge on any atom is 0.324 e. The third kappa shape index (κ3) is 6.30. The van der Waals surface area contributed by atoms with Crippen LogP contribution in [0.4, 0.5) is 10.5 Å². The van der Waals surface area contributed by atoms with Gasteiger partial charge in [-0.2, -0.15) is 0 Å². The van der Waals surface area contributed by atoms with E-state index in [-0.39, 0.29) is 6.03 Å². The Bertz CT molecular complexity index is 1240. The Hall–Kier alpha value is -2.97. The Balaban J connectivity index is 1.55. The molecule has 0 spiro atoms. The maximum atomic E-state index is 13.6. The number of aromatic nitrogens is 2. The second-order valence-corrected chi connectivity index (χ2v) is 10.6. The molecule has 0 atom stereocenters. The molecule has 1 aromatic carbocycles. The fourth-order valence-electron chi connectivity index (χ4n) is 4.75.